The first-order chi connectivity index (χ1) is 6.49. The van der Waals surface area contributed by atoms with Gasteiger partial charge in [-0.3, -0.25) is 4.79 Å². The van der Waals surface area contributed by atoms with Crippen LogP contribution in [0.4, 0.5) is 0 Å². The zero-order valence-electron chi connectivity index (χ0n) is 11.1. The summed E-state index contributed by atoms with van der Waals surface area (Å²) in [5.41, 5.74) is 0.0518. The van der Waals surface area contributed by atoms with Crippen molar-refractivity contribution in [1.29, 1.82) is 0 Å². The molecular weight excluding hydrogens is 185 g/mol. The number of hydrogen-bond donors (Lipinski definition) is 1. The van der Waals surface area contributed by atoms with Crippen molar-refractivity contribution in [1.82, 2.24) is 4.81 Å². The van der Waals surface area contributed by atoms with Crippen molar-refractivity contribution in [2.75, 3.05) is 0 Å². The summed E-state index contributed by atoms with van der Waals surface area (Å²) in [5, 5.41) is 8.70. The van der Waals surface area contributed by atoms with E-state index in [0.717, 1.165) is 0 Å². The van der Waals surface area contributed by atoms with Crippen molar-refractivity contribution < 1.29 is 9.90 Å². The van der Waals surface area contributed by atoms with E-state index in [1.807, 2.05) is 7.85 Å². The van der Waals surface area contributed by atoms with E-state index >= 15 is 0 Å². The van der Waals surface area contributed by atoms with Gasteiger partial charge in [-0.25, -0.2) is 0 Å². The highest BCUT2D eigenvalue weighted by Crippen LogP contribution is 2.28. The standard InChI is InChI=1S/C8H21B4NO2/c1-7(2,3)13(12)8(10,11)5(9)4-6(14)15/h5H,4,9-12H2,1-3H3,(H,14,15). The Morgan fingerprint density at radius 3 is 2.07 bits per heavy atom. The second-order valence-corrected chi connectivity index (χ2v) is 5.88. The van der Waals surface area contributed by atoms with Gasteiger partial charge in [-0.05, 0) is 20.8 Å². The molecule has 0 rings (SSSR count). The Morgan fingerprint density at radius 2 is 1.80 bits per heavy atom. The van der Waals surface area contributed by atoms with Crippen molar-refractivity contribution in [2.45, 2.75) is 43.9 Å². The molecule has 0 saturated heterocycles. The van der Waals surface area contributed by atoms with Crippen LogP contribution in [-0.2, 0) is 4.79 Å². The van der Waals surface area contributed by atoms with Crippen LogP contribution in [0.5, 0.6) is 0 Å². The Hall–Kier alpha value is -0.310. The normalized spacial score (nSPS) is 15.2. The molecule has 0 radical (unpaired) electrons. The van der Waals surface area contributed by atoms with Gasteiger partial charge in [-0.15, -0.1) is 0 Å². The molecule has 1 atom stereocenters. The largest absolute Gasteiger partial charge is 0.481 e. The number of carbonyl (C=O) groups is 1. The molecule has 0 aromatic rings. The molecule has 0 aliphatic rings. The molecule has 82 valence electrons. The third-order valence-electron chi connectivity index (χ3n) is 3.56. The van der Waals surface area contributed by atoms with Crippen LogP contribution in [0.15, 0.2) is 0 Å². The van der Waals surface area contributed by atoms with Crippen LogP contribution >= 0.6 is 0 Å². The number of carboxylic acids is 1. The van der Waals surface area contributed by atoms with Gasteiger partial charge in [0, 0.05) is 12.0 Å². The lowest BCUT2D eigenvalue weighted by atomic mass is 9.46. The van der Waals surface area contributed by atoms with Gasteiger partial charge in [0.05, 0.1) is 0 Å². The summed E-state index contributed by atoms with van der Waals surface area (Å²) < 4.78 is 0. The van der Waals surface area contributed by atoms with Crippen molar-refractivity contribution in [2.24, 2.45) is 0 Å². The Morgan fingerprint density at radius 1 is 1.40 bits per heavy atom. The summed E-state index contributed by atoms with van der Waals surface area (Å²) in [6.45, 7) is 6.42. The van der Waals surface area contributed by atoms with Crippen LogP contribution in [-0.4, -0.2) is 58.3 Å². The Labute approximate surface area is 96.6 Å². The van der Waals surface area contributed by atoms with Gasteiger partial charge in [0.2, 0.25) is 0 Å². The zero-order valence-corrected chi connectivity index (χ0v) is 11.1. The van der Waals surface area contributed by atoms with E-state index in [1.165, 1.54) is 0 Å². The fraction of sp³-hybridized carbons (Fsp3) is 0.875. The molecule has 0 heterocycles. The van der Waals surface area contributed by atoms with Gasteiger partial charge in [0.1, 0.15) is 23.5 Å². The lowest BCUT2D eigenvalue weighted by Crippen LogP contribution is -2.59. The summed E-state index contributed by atoms with van der Waals surface area (Å²) in [6, 6.07) is 0. The highest BCUT2D eigenvalue weighted by molar-refractivity contribution is 6.46. The van der Waals surface area contributed by atoms with E-state index < -0.39 is 5.97 Å². The fourth-order valence-electron chi connectivity index (χ4n) is 1.71. The van der Waals surface area contributed by atoms with Crippen LogP contribution in [0.25, 0.3) is 0 Å². The minimum atomic E-state index is -0.724. The van der Waals surface area contributed by atoms with E-state index in [4.69, 9.17) is 5.11 Å². The summed E-state index contributed by atoms with van der Waals surface area (Å²) in [5.74, 6) is -0.600. The lowest BCUT2D eigenvalue weighted by Gasteiger charge is -2.49. The first-order valence-electron chi connectivity index (χ1n) is 5.45. The van der Waals surface area contributed by atoms with E-state index in [0.29, 0.717) is 0 Å². The number of nitrogens with zero attached hydrogens (tertiary/aromatic N) is 1. The van der Waals surface area contributed by atoms with E-state index in [1.54, 1.807) is 0 Å². The topological polar surface area (TPSA) is 40.5 Å². The van der Waals surface area contributed by atoms with Crippen molar-refractivity contribution in [3.63, 3.8) is 0 Å². The fourth-order valence-corrected chi connectivity index (χ4v) is 1.71. The van der Waals surface area contributed by atoms with Crippen LogP contribution in [0.1, 0.15) is 27.2 Å². The molecule has 0 saturated carbocycles. The minimum Gasteiger partial charge on any atom is -0.481 e. The van der Waals surface area contributed by atoms with Gasteiger partial charge < -0.3 is 9.92 Å². The predicted octanol–water partition coefficient (Wildman–Crippen LogP) is -2.55. The predicted molar refractivity (Wildman–Crippen MR) is 74.5 cm³/mol. The quantitative estimate of drug-likeness (QED) is 0.515. The lowest BCUT2D eigenvalue weighted by molar-refractivity contribution is -0.137. The number of carboxylic acid groups (broad SMARTS) is 1. The number of aliphatic carboxylic acids is 1. The van der Waals surface area contributed by atoms with Crippen LogP contribution < -0.4 is 0 Å². The maximum atomic E-state index is 10.7. The Kier molecular flexibility index (Phi) is 4.59. The molecule has 0 aromatic carbocycles. The molecule has 1 N–H and O–H groups in total. The maximum Gasteiger partial charge on any atom is 0.302 e. The first-order valence-corrected chi connectivity index (χ1v) is 5.45. The Bertz CT molecular complexity index is 239. The molecule has 0 amide bonds. The van der Waals surface area contributed by atoms with Crippen molar-refractivity contribution in [3.8, 4) is 0 Å². The highest BCUT2D eigenvalue weighted by Gasteiger charge is 2.35. The third-order valence-corrected chi connectivity index (χ3v) is 3.56. The summed E-state index contributed by atoms with van der Waals surface area (Å²) in [4.78, 5) is 13.0. The molecule has 0 aromatic heterocycles. The summed E-state index contributed by atoms with van der Waals surface area (Å²) in [7, 11) is 8.26. The molecule has 7 heteroatoms. The molecular formula is C8H21B4NO2. The summed E-state index contributed by atoms with van der Waals surface area (Å²) in [6.07, 6.45) is 0.216. The number of hydrogen-bond acceptors (Lipinski definition) is 2. The molecule has 0 bridgehead atoms. The highest BCUT2D eigenvalue weighted by atomic mass is 16.4. The number of rotatable bonds is 4. The van der Waals surface area contributed by atoms with Gasteiger partial charge in [-0.1, -0.05) is 11.2 Å². The van der Waals surface area contributed by atoms with Gasteiger partial charge in [0.25, 0.3) is 0 Å². The smallest absolute Gasteiger partial charge is 0.302 e. The van der Waals surface area contributed by atoms with Crippen LogP contribution in [0.3, 0.4) is 0 Å². The monoisotopic (exact) mass is 207 g/mol. The first kappa shape index (κ1) is 14.7. The SMILES string of the molecule is BC(CC(=O)O)C(B)(B)N(B)C(C)(C)C. The molecule has 0 fully saturated rings. The van der Waals surface area contributed by atoms with Crippen molar-refractivity contribution >= 4 is 37.5 Å². The molecule has 0 aliphatic carbocycles. The van der Waals surface area contributed by atoms with E-state index in [2.05, 4.69) is 49.3 Å². The third kappa shape index (κ3) is 3.98. The minimum absolute atomic E-state index is 0.0518. The second kappa shape index (κ2) is 4.69. The Balaban J connectivity index is 4.73. The molecule has 0 aliphatic heterocycles. The summed E-state index contributed by atoms with van der Waals surface area (Å²) >= 11 is 0. The van der Waals surface area contributed by atoms with Gasteiger partial charge in [-0.2, -0.15) is 0 Å². The second-order valence-electron chi connectivity index (χ2n) is 5.88. The van der Waals surface area contributed by atoms with Gasteiger partial charge in [0.15, 0.2) is 7.98 Å². The van der Waals surface area contributed by atoms with Gasteiger partial charge >= 0.3 is 5.97 Å². The molecule has 3 nitrogen and oxygen atoms in total. The zero-order chi connectivity index (χ0) is 12.4. The maximum absolute atomic E-state index is 10.7. The average Bonchev–Trinajstić information content (AvgIpc) is 1.99. The van der Waals surface area contributed by atoms with Crippen LogP contribution in [0.2, 0.25) is 5.82 Å². The van der Waals surface area contributed by atoms with E-state index in [-0.39, 0.29) is 23.1 Å². The molecule has 15 heavy (non-hydrogen) atoms. The van der Waals surface area contributed by atoms with E-state index in [9.17, 15) is 4.79 Å². The average molecular weight is 207 g/mol. The van der Waals surface area contributed by atoms with Crippen molar-refractivity contribution in [3.05, 3.63) is 0 Å². The molecule has 0 spiro atoms. The molecule has 1 unspecified atom stereocenters. The van der Waals surface area contributed by atoms with Crippen LogP contribution in [0, 0.1) is 0 Å².